The molecule has 0 amide bonds. The predicted molar refractivity (Wildman–Crippen MR) is 197 cm³/mol. The Hall–Kier alpha value is -1.26. The summed E-state index contributed by atoms with van der Waals surface area (Å²) >= 11 is 3.52. The molecule has 0 unspecified atom stereocenters. The molecule has 286 valence electrons. The van der Waals surface area contributed by atoms with Crippen LogP contribution in [0.3, 0.4) is 0 Å². The fourth-order valence-corrected chi connectivity index (χ4v) is 7.37. The third-order valence-electron chi connectivity index (χ3n) is 8.94. The van der Waals surface area contributed by atoms with Crippen molar-refractivity contribution in [2.75, 3.05) is 28.4 Å². The maximum Gasteiger partial charge on any atom is 1.00 e. The molecule has 0 spiro atoms. The SMILES string of the molecule is C.C=C(C)[C@@H]1CCC(C)=C[C@H]1c1c(OC)cc(Br)cc1OC.C=C(C)[C@@H]1CCC(C)=C[C@H]1c1c(OC)cc(OS(=O)(=O)C(F)(F)F)cc1OC.[Br-].[K+]. The van der Waals surface area contributed by atoms with Gasteiger partial charge in [-0.05, 0) is 77.3 Å². The van der Waals surface area contributed by atoms with Gasteiger partial charge in [-0.3, -0.25) is 0 Å². The number of rotatable bonds is 10. The molecule has 2 aromatic rings. The maximum atomic E-state index is 12.6. The summed E-state index contributed by atoms with van der Waals surface area (Å²) in [6.07, 6.45) is 8.42. The number of halogens is 5. The van der Waals surface area contributed by atoms with Crippen molar-refractivity contribution in [1.29, 1.82) is 0 Å². The molecule has 0 saturated carbocycles. The summed E-state index contributed by atoms with van der Waals surface area (Å²) < 4.78 is 87.8. The van der Waals surface area contributed by atoms with Gasteiger partial charge in [0.15, 0.2) is 0 Å². The maximum absolute atomic E-state index is 12.6. The van der Waals surface area contributed by atoms with Crippen molar-refractivity contribution in [3.8, 4) is 28.7 Å². The molecule has 0 N–H and O–H groups in total. The van der Waals surface area contributed by atoms with Crippen molar-refractivity contribution in [3.05, 3.63) is 87.5 Å². The Bertz CT molecular complexity index is 1680. The number of allylic oxidation sites excluding steroid dienone is 6. The van der Waals surface area contributed by atoms with Gasteiger partial charge in [0.05, 0.1) is 28.4 Å². The van der Waals surface area contributed by atoms with Crippen molar-refractivity contribution < 1.29 is 113 Å². The van der Waals surface area contributed by atoms with Gasteiger partial charge in [0.2, 0.25) is 0 Å². The molecule has 52 heavy (non-hydrogen) atoms. The molecule has 0 saturated heterocycles. The number of methoxy groups -OCH3 is 4. The molecule has 2 aromatic carbocycles. The number of benzene rings is 2. The fraction of sp³-hybridized carbons (Fsp3) is 0.474. The summed E-state index contributed by atoms with van der Waals surface area (Å²) in [6.45, 7) is 16.4. The summed E-state index contributed by atoms with van der Waals surface area (Å²) in [5.74, 6) is 2.13. The fourth-order valence-electron chi connectivity index (χ4n) is 6.51. The molecule has 4 atom stereocenters. The van der Waals surface area contributed by atoms with Gasteiger partial charge in [-0.15, -0.1) is 0 Å². The van der Waals surface area contributed by atoms with E-state index in [1.807, 2.05) is 26.0 Å². The van der Waals surface area contributed by atoms with Crippen molar-refractivity contribution >= 4 is 26.0 Å². The van der Waals surface area contributed by atoms with Gasteiger partial charge in [0, 0.05) is 39.6 Å². The molecule has 2 aliphatic carbocycles. The molecule has 0 aromatic heterocycles. The van der Waals surface area contributed by atoms with Gasteiger partial charge < -0.3 is 40.1 Å². The number of ether oxygens (including phenoxy) is 4. The normalized spacial score (nSPS) is 19.7. The van der Waals surface area contributed by atoms with Gasteiger partial charge in [0.1, 0.15) is 28.7 Å². The Balaban J connectivity index is 0.000000978. The summed E-state index contributed by atoms with van der Waals surface area (Å²) in [6, 6.07) is 6.25. The monoisotopic (exact) mass is 904 g/mol. The molecule has 0 heterocycles. The summed E-state index contributed by atoms with van der Waals surface area (Å²) in [7, 11) is 0.293. The van der Waals surface area contributed by atoms with Crippen molar-refractivity contribution in [2.45, 2.75) is 78.1 Å². The largest absolute Gasteiger partial charge is 1.00 e. The van der Waals surface area contributed by atoms with Crippen LogP contribution in [0.4, 0.5) is 13.2 Å². The minimum absolute atomic E-state index is 0. The van der Waals surface area contributed by atoms with E-state index in [-0.39, 0.29) is 105 Å². The Kier molecular flexibility index (Phi) is 21.2. The Labute approximate surface area is 369 Å². The first-order chi connectivity index (χ1) is 22.9. The summed E-state index contributed by atoms with van der Waals surface area (Å²) in [5.41, 5.74) is 0.939. The van der Waals surface area contributed by atoms with Crippen LogP contribution in [-0.4, -0.2) is 42.4 Å². The van der Waals surface area contributed by atoms with Crippen LogP contribution in [0, 0.1) is 11.8 Å². The van der Waals surface area contributed by atoms with Gasteiger partial charge >= 0.3 is 67.0 Å². The van der Waals surface area contributed by atoms with E-state index in [9.17, 15) is 21.6 Å². The van der Waals surface area contributed by atoms with Crippen LogP contribution in [0.15, 0.2) is 76.3 Å². The van der Waals surface area contributed by atoms with Gasteiger partial charge in [0.25, 0.3) is 0 Å². The summed E-state index contributed by atoms with van der Waals surface area (Å²) in [5, 5.41) is 0. The van der Waals surface area contributed by atoms with Crippen LogP contribution in [0.2, 0.25) is 0 Å². The van der Waals surface area contributed by atoms with E-state index in [2.05, 4.69) is 59.3 Å². The van der Waals surface area contributed by atoms with Crippen LogP contribution in [0.5, 0.6) is 28.7 Å². The quantitative estimate of drug-likeness (QED) is 0.143. The molecule has 0 aliphatic heterocycles. The van der Waals surface area contributed by atoms with E-state index in [1.165, 1.54) is 25.4 Å². The predicted octanol–water partition coefficient (Wildman–Crippen LogP) is 5.07. The van der Waals surface area contributed by atoms with Crippen LogP contribution in [0.25, 0.3) is 0 Å². The first-order valence-corrected chi connectivity index (χ1v) is 17.9. The zero-order chi connectivity index (χ0) is 36.8. The van der Waals surface area contributed by atoms with Crippen molar-refractivity contribution in [3.63, 3.8) is 0 Å². The second-order valence-electron chi connectivity index (χ2n) is 12.5. The summed E-state index contributed by atoms with van der Waals surface area (Å²) in [4.78, 5) is 0. The molecule has 4 rings (SSSR count). The Morgan fingerprint density at radius 1 is 0.750 bits per heavy atom. The van der Waals surface area contributed by atoms with Gasteiger partial charge in [-0.2, -0.15) is 21.6 Å². The van der Waals surface area contributed by atoms with Gasteiger partial charge in [-0.25, -0.2) is 0 Å². The number of alkyl halides is 3. The molecule has 14 heteroatoms. The molecule has 7 nitrogen and oxygen atoms in total. The number of hydrogen-bond donors (Lipinski definition) is 0. The molecule has 2 aliphatic rings. The smallest absolute Gasteiger partial charge is 1.00 e. The average molecular weight is 907 g/mol. The Morgan fingerprint density at radius 3 is 1.37 bits per heavy atom. The topological polar surface area (TPSA) is 80.3 Å². The van der Waals surface area contributed by atoms with Gasteiger partial charge in [-0.1, -0.05) is 71.0 Å². The van der Waals surface area contributed by atoms with Crippen molar-refractivity contribution in [2.24, 2.45) is 11.8 Å². The molecule has 0 fully saturated rings. The first-order valence-electron chi connectivity index (χ1n) is 15.7. The van der Waals surface area contributed by atoms with E-state index in [1.54, 1.807) is 14.2 Å². The van der Waals surface area contributed by atoms with Crippen LogP contribution in [-0.2, 0) is 10.1 Å². The van der Waals surface area contributed by atoms with E-state index in [0.29, 0.717) is 11.5 Å². The average Bonchev–Trinajstić information content (AvgIpc) is 3.02. The minimum Gasteiger partial charge on any atom is -1.00 e. The third-order valence-corrected chi connectivity index (χ3v) is 10.4. The van der Waals surface area contributed by atoms with E-state index >= 15 is 0 Å². The van der Waals surface area contributed by atoms with Crippen LogP contribution in [0.1, 0.15) is 83.8 Å². The minimum atomic E-state index is -5.81. The second-order valence-corrected chi connectivity index (χ2v) is 15.0. The molecular weight excluding hydrogens is 856 g/mol. The zero-order valence-corrected chi connectivity index (χ0v) is 37.8. The first kappa shape index (κ1) is 50.7. The standard InChI is InChI=1S/C19H23F3O5S.C18H23BrO2.CH4.BrH.K/c1-11(2)14-7-6-12(3)8-15(14)18-16(25-4)9-13(10-17(18)26-5)27-28(23,24)19(20,21)22;1-11(2)14-7-6-12(3)8-15(14)18-16(20-4)9-13(19)10-17(18)21-5;;;/h8-10,14-15H,1,6-7H2,2-5H3;8-10,14-15H,1,6-7H2,2-5H3;1H4;1H;/q;;;;+1/p-1/t2*14-,15+;;;/m00.../s1. The zero-order valence-electron chi connectivity index (χ0n) is 30.7. The second kappa shape index (κ2) is 21.7. The molecule has 0 bridgehead atoms. The van der Waals surface area contributed by atoms with E-state index in [4.69, 9.17) is 18.9 Å². The third kappa shape index (κ3) is 12.4. The van der Waals surface area contributed by atoms with Crippen LogP contribution < -0.4 is 91.5 Å². The van der Waals surface area contributed by atoms with Crippen molar-refractivity contribution in [1.82, 2.24) is 0 Å². The Morgan fingerprint density at radius 2 is 1.08 bits per heavy atom. The number of hydrogen-bond acceptors (Lipinski definition) is 7. The van der Waals surface area contributed by atoms with E-state index in [0.717, 1.165) is 70.5 Å². The van der Waals surface area contributed by atoms with E-state index < -0.39 is 21.4 Å². The molecule has 0 radical (unpaired) electrons. The molecular formula is C38H50Br2F3KO7S. The van der Waals surface area contributed by atoms with Crippen LogP contribution >= 0.6 is 15.9 Å².